The lowest BCUT2D eigenvalue weighted by Crippen LogP contribution is -2.30. The number of hydrogen-bond donors (Lipinski definition) is 2. The molecule has 0 spiro atoms. The topological polar surface area (TPSA) is 84.5 Å². The van der Waals surface area contributed by atoms with Crippen LogP contribution >= 0.6 is 0 Å². The fraction of sp³-hybridized carbons (Fsp3) is 0.350. The molecule has 27 heavy (non-hydrogen) atoms. The Balaban J connectivity index is 1.98. The predicted octanol–water partition coefficient (Wildman–Crippen LogP) is 3.32. The highest BCUT2D eigenvalue weighted by Gasteiger charge is 2.15. The first-order valence-corrected chi connectivity index (χ1v) is 10.2. The van der Waals surface area contributed by atoms with E-state index in [2.05, 4.69) is 10.0 Å². The van der Waals surface area contributed by atoms with E-state index in [-0.39, 0.29) is 23.5 Å². The van der Waals surface area contributed by atoms with Gasteiger partial charge in [0.05, 0.1) is 4.90 Å². The summed E-state index contributed by atoms with van der Waals surface area (Å²) in [6, 6.07) is 9.79. The van der Waals surface area contributed by atoms with Gasteiger partial charge in [-0.3, -0.25) is 4.79 Å². The van der Waals surface area contributed by atoms with Crippen LogP contribution in [0.5, 0.6) is 5.75 Å². The average molecular weight is 391 g/mol. The van der Waals surface area contributed by atoms with Crippen molar-refractivity contribution in [3.63, 3.8) is 0 Å². The molecule has 0 atom stereocenters. The monoisotopic (exact) mass is 390 g/mol. The Morgan fingerprint density at radius 2 is 1.59 bits per heavy atom. The number of anilines is 1. The molecular weight excluding hydrogens is 364 g/mol. The SMILES string of the molecule is Cc1cc(C)c(NC(=O)COc2ccc(S(=O)(=O)NC(C)C)cc2)c(C)c1. The number of aryl methyl sites for hydroxylation is 3. The Kier molecular flexibility index (Phi) is 6.62. The minimum absolute atomic E-state index is 0.152. The van der Waals surface area contributed by atoms with Crippen molar-refractivity contribution in [2.24, 2.45) is 0 Å². The molecule has 0 aliphatic heterocycles. The van der Waals surface area contributed by atoms with E-state index in [0.717, 1.165) is 22.4 Å². The van der Waals surface area contributed by atoms with Gasteiger partial charge >= 0.3 is 0 Å². The van der Waals surface area contributed by atoms with Crippen LogP contribution in [0.15, 0.2) is 41.3 Å². The van der Waals surface area contributed by atoms with E-state index in [0.29, 0.717) is 5.75 Å². The lowest BCUT2D eigenvalue weighted by molar-refractivity contribution is -0.118. The number of nitrogens with one attached hydrogen (secondary N) is 2. The van der Waals surface area contributed by atoms with Crippen LogP contribution in [-0.4, -0.2) is 27.0 Å². The smallest absolute Gasteiger partial charge is 0.262 e. The van der Waals surface area contributed by atoms with Crippen LogP contribution in [0.25, 0.3) is 0 Å². The number of hydrogen-bond acceptors (Lipinski definition) is 4. The Labute approximate surface area is 161 Å². The molecule has 0 radical (unpaired) electrons. The molecule has 0 unspecified atom stereocenters. The minimum atomic E-state index is -3.55. The zero-order valence-electron chi connectivity index (χ0n) is 16.3. The van der Waals surface area contributed by atoms with E-state index in [9.17, 15) is 13.2 Å². The zero-order chi connectivity index (χ0) is 20.2. The molecule has 0 aliphatic rings. The number of carbonyl (C=O) groups is 1. The Bertz CT molecular complexity index is 896. The summed E-state index contributed by atoms with van der Waals surface area (Å²) in [5, 5.41) is 2.86. The van der Waals surface area contributed by atoms with E-state index in [1.165, 1.54) is 24.3 Å². The highest BCUT2D eigenvalue weighted by Crippen LogP contribution is 2.22. The third kappa shape index (κ3) is 5.80. The number of sulfonamides is 1. The fourth-order valence-electron chi connectivity index (χ4n) is 2.79. The number of carbonyl (C=O) groups excluding carboxylic acids is 1. The van der Waals surface area contributed by atoms with Crippen LogP contribution < -0.4 is 14.8 Å². The van der Waals surface area contributed by atoms with Crippen LogP contribution in [0.2, 0.25) is 0 Å². The maximum Gasteiger partial charge on any atom is 0.262 e. The third-order valence-electron chi connectivity index (χ3n) is 3.84. The van der Waals surface area contributed by atoms with Crippen molar-refractivity contribution in [2.75, 3.05) is 11.9 Å². The number of benzene rings is 2. The zero-order valence-corrected chi connectivity index (χ0v) is 17.1. The van der Waals surface area contributed by atoms with Gasteiger partial charge < -0.3 is 10.1 Å². The summed E-state index contributed by atoms with van der Waals surface area (Å²) in [5.41, 5.74) is 3.91. The summed E-state index contributed by atoms with van der Waals surface area (Å²) >= 11 is 0. The molecule has 0 aromatic heterocycles. The molecule has 2 rings (SSSR count). The van der Waals surface area contributed by atoms with Crippen molar-refractivity contribution >= 4 is 21.6 Å². The van der Waals surface area contributed by atoms with E-state index in [4.69, 9.17) is 4.74 Å². The highest BCUT2D eigenvalue weighted by molar-refractivity contribution is 7.89. The van der Waals surface area contributed by atoms with Gasteiger partial charge in [0.1, 0.15) is 5.75 Å². The lowest BCUT2D eigenvalue weighted by atomic mass is 10.1. The molecule has 0 bridgehead atoms. The van der Waals surface area contributed by atoms with Crippen molar-refractivity contribution in [3.8, 4) is 5.75 Å². The average Bonchev–Trinajstić information content (AvgIpc) is 2.55. The van der Waals surface area contributed by atoms with E-state index in [1.807, 2.05) is 32.9 Å². The van der Waals surface area contributed by atoms with Crippen molar-refractivity contribution in [1.29, 1.82) is 0 Å². The highest BCUT2D eigenvalue weighted by atomic mass is 32.2. The molecule has 0 fully saturated rings. The maximum atomic E-state index is 12.2. The van der Waals surface area contributed by atoms with Crippen molar-refractivity contribution < 1.29 is 17.9 Å². The van der Waals surface area contributed by atoms with Crippen LogP contribution in [0, 0.1) is 20.8 Å². The van der Waals surface area contributed by atoms with Crippen LogP contribution in [0.3, 0.4) is 0 Å². The molecule has 7 heteroatoms. The standard InChI is InChI=1S/C20H26N2O4S/c1-13(2)22-27(24,25)18-8-6-17(7-9-18)26-12-19(23)21-20-15(4)10-14(3)11-16(20)5/h6-11,13,22H,12H2,1-5H3,(H,21,23). The van der Waals surface area contributed by atoms with Crippen molar-refractivity contribution in [2.45, 2.75) is 45.6 Å². The first-order valence-electron chi connectivity index (χ1n) is 8.71. The van der Waals surface area contributed by atoms with Crippen LogP contribution in [0.1, 0.15) is 30.5 Å². The number of rotatable bonds is 7. The predicted molar refractivity (Wildman–Crippen MR) is 107 cm³/mol. The first kappa shape index (κ1) is 20.9. The summed E-state index contributed by atoms with van der Waals surface area (Å²) in [5.74, 6) is 0.147. The van der Waals surface area contributed by atoms with E-state index >= 15 is 0 Å². The molecule has 146 valence electrons. The van der Waals surface area contributed by atoms with Gasteiger partial charge in [0.15, 0.2) is 6.61 Å². The molecule has 0 saturated carbocycles. The lowest BCUT2D eigenvalue weighted by Gasteiger charge is -2.13. The molecule has 0 saturated heterocycles. The minimum Gasteiger partial charge on any atom is -0.484 e. The molecule has 2 aromatic carbocycles. The fourth-order valence-corrected chi connectivity index (χ4v) is 4.05. The van der Waals surface area contributed by atoms with Gasteiger partial charge in [-0.15, -0.1) is 0 Å². The number of amides is 1. The molecule has 0 aliphatic carbocycles. The molecule has 6 nitrogen and oxygen atoms in total. The van der Waals surface area contributed by atoms with E-state index in [1.54, 1.807) is 13.8 Å². The second-order valence-corrected chi connectivity index (χ2v) is 8.57. The van der Waals surface area contributed by atoms with Gasteiger partial charge in [-0.05, 0) is 70.0 Å². The van der Waals surface area contributed by atoms with Gasteiger partial charge in [0.25, 0.3) is 5.91 Å². The maximum absolute atomic E-state index is 12.2. The second kappa shape index (κ2) is 8.54. The van der Waals surface area contributed by atoms with Crippen molar-refractivity contribution in [1.82, 2.24) is 4.72 Å². The molecule has 2 N–H and O–H groups in total. The summed E-state index contributed by atoms with van der Waals surface area (Å²) in [6.45, 7) is 9.25. The summed E-state index contributed by atoms with van der Waals surface area (Å²) in [4.78, 5) is 12.3. The van der Waals surface area contributed by atoms with Gasteiger partial charge in [0.2, 0.25) is 10.0 Å². The van der Waals surface area contributed by atoms with Crippen LogP contribution in [0.4, 0.5) is 5.69 Å². The molecule has 2 aromatic rings. The van der Waals surface area contributed by atoms with Gasteiger partial charge in [-0.2, -0.15) is 0 Å². The molecule has 1 amide bonds. The normalized spacial score (nSPS) is 11.5. The summed E-state index contributed by atoms with van der Waals surface area (Å²) in [6.07, 6.45) is 0. The van der Waals surface area contributed by atoms with Gasteiger partial charge in [-0.25, -0.2) is 13.1 Å². The van der Waals surface area contributed by atoms with Gasteiger partial charge in [-0.1, -0.05) is 17.7 Å². The third-order valence-corrected chi connectivity index (χ3v) is 5.51. The van der Waals surface area contributed by atoms with E-state index < -0.39 is 10.0 Å². The van der Waals surface area contributed by atoms with Gasteiger partial charge in [0, 0.05) is 11.7 Å². The summed E-state index contributed by atoms with van der Waals surface area (Å²) < 4.78 is 32.2. The van der Waals surface area contributed by atoms with Crippen LogP contribution in [-0.2, 0) is 14.8 Å². The molecular formula is C20H26N2O4S. The Hall–Kier alpha value is -2.38. The number of ether oxygens (including phenoxy) is 1. The van der Waals surface area contributed by atoms with Crippen molar-refractivity contribution in [3.05, 3.63) is 53.1 Å². The first-order chi connectivity index (χ1) is 12.6. The largest absolute Gasteiger partial charge is 0.484 e. The summed E-state index contributed by atoms with van der Waals surface area (Å²) in [7, 11) is -3.55. The Morgan fingerprint density at radius 1 is 1.04 bits per heavy atom. The molecule has 0 heterocycles. The quantitative estimate of drug-likeness (QED) is 0.760. The Morgan fingerprint density at radius 3 is 2.11 bits per heavy atom. The second-order valence-electron chi connectivity index (χ2n) is 6.86.